The highest BCUT2D eigenvalue weighted by molar-refractivity contribution is 5.56. The summed E-state index contributed by atoms with van der Waals surface area (Å²) < 4.78 is 0. The molecular formula is C16H22N2. The minimum Gasteiger partial charge on any atom is -0.385 e. The molecule has 0 spiro atoms. The molecule has 1 aliphatic heterocycles. The highest BCUT2D eigenvalue weighted by Gasteiger charge is 2.14. The van der Waals surface area contributed by atoms with Gasteiger partial charge in [-0.15, -0.1) is 6.42 Å². The molecule has 1 aliphatic rings. The van der Waals surface area contributed by atoms with E-state index in [1.165, 1.54) is 29.7 Å². The number of rotatable bonds is 5. The van der Waals surface area contributed by atoms with E-state index in [4.69, 9.17) is 6.42 Å². The summed E-state index contributed by atoms with van der Waals surface area (Å²) in [6, 6.07) is 6.57. The maximum Gasteiger partial charge on any atom is 0.0601 e. The minimum absolute atomic E-state index is 0.741. The lowest BCUT2D eigenvalue weighted by Crippen LogP contribution is -2.25. The lowest BCUT2D eigenvalue weighted by molar-refractivity contribution is 0.298. The molecule has 0 aliphatic carbocycles. The van der Waals surface area contributed by atoms with E-state index in [9.17, 15) is 0 Å². The fraction of sp³-hybridized carbons (Fsp3) is 0.500. The third-order valence-electron chi connectivity index (χ3n) is 3.44. The van der Waals surface area contributed by atoms with Gasteiger partial charge in [-0.05, 0) is 43.0 Å². The Kier molecular flexibility index (Phi) is 4.66. The van der Waals surface area contributed by atoms with Crippen molar-refractivity contribution in [3.63, 3.8) is 0 Å². The van der Waals surface area contributed by atoms with Gasteiger partial charge in [-0.3, -0.25) is 4.90 Å². The number of hydrogen-bond acceptors (Lipinski definition) is 2. The molecule has 0 amide bonds. The van der Waals surface area contributed by atoms with E-state index in [0.717, 1.165) is 32.6 Å². The van der Waals surface area contributed by atoms with Crippen molar-refractivity contribution in [1.29, 1.82) is 0 Å². The third kappa shape index (κ3) is 3.05. The normalized spacial score (nSPS) is 13.8. The smallest absolute Gasteiger partial charge is 0.0601 e. The Bertz CT molecular complexity index is 431. The summed E-state index contributed by atoms with van der Waals surface area (Å²) in [5, 5.41) is 3.48. The molecule has 0 atom stereocenters. The predicted octanol–water partition coefficient (Wildman–Crippen LogP) is 2.89. The summed E-state index contributed by atoms with van der Waals surface area (Å²) in [6.07, 6.45) is 9.01. The SMILES string of the molecule is C#CCN(CCC)Cc1cccc2c1CCCN2. The zero-order chi connectivity index (χ0) is 12.8. The maximum absolute atomic E-state index is 5.45. The van der Waals surface area contributed by atoms with Crippen LogP contribution in [0.5, 0.6) is 0 Å². The van der Waals surface area contributed by atoms with Crippen LogP contribution < -0.4 is 5.32 Å². The van der Waals surface area contributed by atoms with Gasteiger partial charge in [0.15, 0.2) is 0 Å². The first-order chi connectivity index (χ1) is 8.85. The van der Waals surface area contributed by atoms with Crippen LogP contribution in [0.3, 0.4) is 0 Å². The van der Waals surface area contributed by atoms with E-state index in [0.29, 0.717) is 0 Å². The second-order valence-electron chi connectivity index (χ2n) is 4.89. The van der Waals surface area contributed by atoms with E-state index in [-0.39, 0.29) is 0 Å². The zero-order valence-electron chi connectivity index (χ0n) is 11.2. The fourth-order valence-corrected chi connectivity index (χ4v) is 2.63. The predicted molar refractivity (Wildman–Crippen MR) is 77.7 cm³/mol. The molecule has 0 unspecified atom stereocenters. The quantitative estimate of drug-likeness (QED) is 0.799. The van der Waals surface area contributed by atoms with Crippen molar-refractivity contribution >= 4 is 5.69 Å². The summed E-state index contributed by atoms with van der Waals surface area (Å²) in [5.41, 5.74) is 4.24. The lowest BCUT2D eigenvalue weighted by Gasteiger charge is -2.25. The largest absolute Gasteiger partial charge is 0.385 e. The Balaban J connectivity index is 2.15. The maximum atomic E-state index is 5.45. The molecule has 1 N–H and O–H groups in total. The fourth-order valence-electron chi connectivity index (χ4n) is 2.63. The van der Waals surface area contributed by atoms with Crippen LogP contribution in [0.4, 0.5) is 5.69 Å². The number of anilines is 1. The highest BCUT2D eigenvalue weighted by Crippen LogP contribution is 2.26. The van der Waals surface area contributed by atoms with Gasteiger partial charge in [-0.2, -0.15) is 0 Å². The highest BCUT2D eigenvalue weighted by atomic mass is 15.1. The molecule has 96 valence electrons. The van der Waals surface area contributed by atoms with Gasteiger partial charge in [-0.25, -0.2) is 0 Å². The van der Waals surface area contributed by atoms with Gasteiger partial charge in [0, 0.05) is 18.8 Å². The number of nitrogens with zero attached hydrogens (tertiary/aromatic N) is 1. The number of hydrogen-bond donors (Lipinski definition) is 1. The molecule has 0 saturated carbocycles. The van der Waals surface area contributed by atoms with E-state index in [1.807, 2.05) is 0 Å². The first-order valence-corrected chi connectivity index (χ1v) is 6.85. The average Bonchev–Trinajstić information content (AvgIpc) is 2.40. The minimum atomic E-state index is 0.741. The molecular weight excluding hydrogens is 220 g/mol. The second kappa shape index (κ2) is 6.47. The van der Waals surface area contributed by atoms with Crippen LogP contribution in [0.15, 0.2) is 18.2 Å². The summed E-state index contributed by atoms with van der Waals surface area (Å²) in [6.45, 7) is 6.08. The molecule has 1 heterocycles. The van der Waals surface area contributed by atoms with Crippen molar-refractivity contribution in [2.45, 2.75) is 32.7 Å². The van der Waals surface area contributed by atoms with E-state index in [1.54, 1.807) is 0 Å². The molecule has 2 nitrogen and oxygen atoms in total. The molecule has 2 rings (SSSR count). The topological polar surface area (TPSA) is 15.3 Å². The number of nitrogens with one attached hydrogen (secondary N) is 1. The second-order valence-corrected chi connectivity index (χ2v) is 4.89. The Morgan fingerprint density at radius 1 is 1.44 bits per heavy atom. The van der Waals surface area contributed by atoms with Crippen molar-refractivity contribution < 1.29 is 0 Å². The number of benzene rings is 1. The first-order valence-electron chi connectivity index (χ1n) is 6.85. The monoisotopic (exact) mass is 242 g/mol. The molecule has 0 radical (unpaired) electrons. The van der Waals surface area contributed by atoms with Gasteiger partial charge < -0.3 is 5.32 Å². The van der Waals surface area contributed by atoms with Crippen LogP contribution >= 0.6 is 0 Å². The lowest BCUT2D eigenvalue weighted by atomic mass is 9.97. The van der Waals surface area contributed by atoms with Gasteiger partial charge in [0.05, 0.1) is 6.54 Å². The number of terminal acetylenes is 1. The summed E-state index contributed by atoms with van der Waals surface area (Å²) in [5.74, 6) is 2.76. The first kappa shape index (κ1) is 13.0. The van der Waals surface area contributed by atoms with Crippen molar-refractivity contribution in [2.24, 2.45) is 0 Å². The zero-order valence-corrected chi connectivity index (χ0v) is 11.2. The van der Waals surface area contributed by atoms with Gasteiger partial charge >= 0.3 is 0 Å². The van der Waals surface area contributed by atoms with E-state index in [2.05, 4.69) is 41.3 Å². The van der Waals surface area contributed by atoms with Crippen molar-refractivity contribution in [3.05, 3.63) is 29.3 Å². The Morgan fingerprint density at radius 2 is 2.33 bits per heavy atom. The standard InChI is InChI=1S/C16H22N2/c1-3-11-18(12-4-2)13-14-7-5-9-16-15(14)8-6-10-17-16/h1,5,7,9,17H,4,6,8,10-13H2,2H3. The van der Waals surface area contributed by atoms with Gasteiger partial charge in [0.2, 0.25) is 0 Å². The van der Waals surface area contributed by atoms with Crippen LogP contribution in [-0.2, 0) is 13.0 Å². The Hall–Kier alpha value is -1.46. The number of fused-ring (bicyclic) bond motifs is 1. The average molecular weight is 242 g/mol. The molecule has 0 aromatic heterocycles. The molecule has 0 bridgehead atoms. The molecule has 18 heavy (non-hydrogen) atoms. The Morgan fingerprint density at radius 3 is 3.11 bits per heavy atom. The van der Waals surface area contributed by atoms with Gasteiger partial charge in [0.25, 0.3) is 0 Å². The van der Waals surface area contributed by atoms with Crippen molar-refractivity contribution in [2.75, 3.05) is 25.0 Å². The van der Waals surface area contributed by atoms with Crippen LogP contribution in [0.1, 0.15) is 30.9 Å². The van der Waals surface area contributed by atoms with Crippen molar-refractivity contribution in [3.8, 4) is 12.3 Å². The Labute approximate surface area is 110 Å². The molecule has 1 aromatic rings. The van der Waals surface area contributed by atoms with Crippen molar-refractivity contribution in [1.82, 2.24) is 4.90 Å². The van der Waals surface area contributed by atoms with Crippen LogP contribution in [0, 0.1) is 12.3 Å². The molecule has 0 saturated heterocycles. The van der Waals surface area contributed by atoms with E-state index >= 15 is 0 Å². The summed E-state index contributed by atoms with van der Waals surface area (Å²) in [4.78, 5) is 2.35. The van der Waals surface area contributed by atoms with Crippen LogP contribution in [0.25, 0.3) is 0 Å². The van der Waals surface area contributed by atoms with Gasteiger partial charge in [0.1, 0.15) is 0 Å². The van der Waals surface area contributed by atoms with Crippen LogP contribution in [0.2, 0.25) is 0 Å². The summed E-state index contributed by atoms with van der Waals surface area (Å²) in [7, 11) is 0. The molecule has 0 fully saturated rings. The summed E-state index contributed by atoms with van der Waals surface area (Å²) >= 11 is 0. The van der Waals surface area contributed by atoms with Crippen LogP contribution in [-0.4, -0.2) is 24.5 Å². The third-order valence-corrected chi connectivity index (χ3v) is 3.44. The molecule has 2 heteroatoms. The van der Waals surface area contributed by atoms with E-state index < -0.39 is 0 Å². The van der Waals surface area contributed by atoms with Gasteiger partial charge in [-0.1, -0.05) is 25.0 Å². The molecule has 1 aromatic carbocycles.